The molecule has 0 aromatic carbocycles. The average Bonchev–Trinajstić information content (AvgIpc) is 2.93. The minimum absolute atomic E-state index is 0.184. The molecule has 26 heavy (non-hydrogen) atoms. The Kier molecular flexibility index (Phi) is 4.68. The minimum atomic E-state index is 0.184. The van der Waals surface area contributed by atoms with Gasteiger partial charge in [0.2, 0.25) is 0 Å². The summed E-state index contributed by atoms with van der Waals surface area (Å²) in [5.41, 5.74) is 2.98. The first kappa shape index (κ1) is 17.1. The smallest absolute Gasteiger partial charge is 0.257 e. The van der Waals surface area contributed by atoms with E-state index in [-0.39, 0.29) is 6.10 Å². The van der Waals surface area contributed by atoms with Gasteiger partial charge in [-0.05, 0) is 32.9 Å². The van der Waals surface area contributed by atoms with Crippen LogP contribution in [0.2, 0.25) is 0 Å². The summed E-state index contributed by atoms with van der Waals surface area (Å²) in [5, 5.41) is 0. The molecule has 4 rings (SSSR count). The molecule has 2 aliphatic heterocycles. The Morgan fingerprint density at radius 1 is 1.12 bits per heavy atom. The van der Waals surface area contributed by atoms with Gasteiger partial charge < -0.3 is 14.2 Å². The number of likely N-dealkylation sites (tertiary alicyclic amines) is 1. The fourth-order valence-electron chi connectivity index (χ4n) is 3.67. The molecular formula is C20H25N3O3. The molecular weight excluding hydrogens is 330 g/mol. The number of pyridine rings is 2. The number of aryl methyl sites for hydroxylation is 2. The Balaban J connectivity index is 1.41. The second kappa shape index (κ2) is 7.11. The maximum absolute atomic E-state index is 6.22. The minimum Gasteiger partial charge on any atom is -0.489 e. The highest BCUT2D eigenvalue weighted by molar-refractivity contribution is 5.36. The van der Waals surface area contributed by atoms with Crippen molar-refractivity contribution in [2.45, 2.75) is 45.9 Å². The highest BCUT2D eigenvalue weighted by Crippen LogP contribution is 2.29. The molecule has 6 nitrogen and oxygen atoms in total. The van der Waals surface area contributed by atoms with Crippen molar-refractivity contribution in [2.75, 3.05) is 19.8 Å². The van der Waals surface area contributed by atoms with Crippen molar-refractivity contribution >= 4 is 0 Å². The van der Waals surface area contributed by atoms with Gasteiger partial charge in [-0.25, -0.2) is 4.98 Å². The molecule has 4 heterocycles. The SMILES string of the molecule is Cc1cc(O[C@@H]2C[C@H](C)N(Cc3ccc4c(n3)OCCO4)C2)cc(C)n1. The van der Waals surface area contributed by atoms with Gasteiger partial charge >= 0.3 is 0 Å². The molecule has 0 amide bonds. The highest BCUT2D eigenvalue weighted by atomic mass is 16.6. The van der Waals surface area contributed by atoms with E-state index in [2.05, 4.69) is 21.8 Å². The third-order valence-electron chi connectivity index (χ3n) is 4.85. The van der Waals surface area contributed by atoms with E-state index in [0.29, 0.717) is 25.1 Å². The lowest BCUT2D eigenvalue weighted by Gasteiger charge is -2.22. The average molecular weight is 355 g/mol. The molecule has 1 saturated heterocycles. The maximum Gasteiger partial charge on any atom is 0.257 e. The second-order valence-corrected chi connectivity index (χ2v) is 7.14. The zero-order valence-electron chi connectivity index (χ0n) is 15.6. The van der Waals surface area contributed by atoms with Crippen LogP contribution in [0, 0.1) is 13.8 Å². The van der Waals surface area contributed by atoms with Crippen LogP contribution in [0.25, 0.3) is 0 Å². The molecule has 2 atom stereocenters. The second-order valence-electron chi connectivity index (χ2n) is 7.14. The zero-order valence-corrected chi connectivity index (χ0v) is 15.6. The van der Waals surface area contributed by atoms with Gasteiger partial charge in [0, 0.05) is 49.1 Å². The Labute approximate surface area is 154 Å². The quantitative estimate of drug-likeness (QED) is 0.841. The van der Waals surface area contributed by atoms with Crippen LogP contribution in [0.15, 0.2) is 24.3 Å². The largest absolute Gasteiger partial charge is 0.489 e. The Hall–Kier alpha value is -2.34. The lowest BCUT2D eigenvalue weighted by molar-refractivity contribution is 0.162. The normalized spacial score (nSPS) is 22.4. The molecule has 138 valence electrons. The van der Waals surface area contributed by atoms with Crippen LogP contribution in [-0.4, -0.2) is 46.8 Å². The predicted molar refractivity (Wildman–Crippen MR) is 97.8 cm³/mol. The summed E-state index contributed by atoms with van der Waals surface area (Å²) >= 11 is 0. The summed E-state index contributed by atoms with van der Waals surface area (Å²) in [7, 11) is 0. The first-order valence-electron chi connectivity index (χ1n) is 9.18. The molecule has 2 aliphatic rings. The molecule has 0 N–H and O–H groups in total. The van der Waals surface area contributed by atoms with Gasteiger partial charge in [-0.2, -0.15) is 0 Å². The summed E-state index contributed by atoms with van der Waals surface area (Å²) in [4.78, 5) is 11.4. The molecule has 0 aliphatic carbocycles. The molecule has 0 bridgehead atoms. The third-order valence-corrected chi connectivity index (χ3v) is 4.85. The number of ether oxygens (including phenoxy) is 3. The first-order valence-corrected chi connectivity index (χ1v) is 9.18. The number of fused-ring (bicyclic) bond motifs is 1. The molecule has 1 fully saturated rings. The molecule has 6 heteroatoms. The van der Waals surface area contributed by atoms with Crippen molar-refractivity contribution < 1.29 is 14.2 Å². The molecule has 0 radical (unpaired) electrons. The van der Waals surface area contributed by atoms with Crippen LogP contribution >= 0.6 is 0 Å². The number of hydrogen-bond acceptors (Lipinski definition) is 6. The van der Waals surface area contributed by atoms with E-state index in [9.17, 15) is 0 Å². The van der Waals surface area contributed by atoms with E-state index in [1.54, 1.807) is 0 Å². The van der Waals surface area contributed by atoms with Crippen LogP contribution < -0.4 is 14.2 Å². The maximum atomic E-state index is 6.22. The fraction of sp³-hybridized carbons (Fsp3) is 0.500. The fourth-order valence-corrected chi connectivity index (χ4v) is 3.67. The highest BCUT2D eigenvalue weighted by Gasteiger charge is 2.31. The Morgan fingerprint density at radius 3 is 2.69 bits per heavy atom. The van der Waals surface area contributed by atoms with Gasteiger partial charge in [-0.3, -0.25) is 9.88 Å². The van der Waals surface area contributed by atoms with Gasteiger partial charge in [-0.15, -0.1) is 0 Å². The summed E-state index contributed by atoms with van der Waals surface area (Å²) < 4.78 is 17.4. The van der Waals surface area contributed by atoms with E-state index in [4.69, 9.17) is 14.2 Å². The third kappa shape index (κ3) is 3.75. The zero-order chi connectivity index (χ0) is 18.1. The van der Waals surface area contributed by atoms with Crippen LogP contribution in [0.1, 0.15) is 30.4 Å². The predicted octanol–water partition coefficient (Wildman–Crippen LogP) is 2.91. The molecule has 2 aromatic heterocycles. The van der Waals surface area contributed by atoms with E-state index < -0.39 is 0 Å². The van der Waals surface area contributed by atoms with Gasteiger partial charge in [0.1, 0.15) is 25.1 Å². The van der Waals surface area contributed by atoms with Gasteiger partial charge in [0.25, 0.3) is 5.88 Å². The van der Waals surface area contributed by atoms with Crippen LogP contribution in [0.5, 0.6) is 17.4 Å². The van der Waals surface area contributed by atoms with E-state index in [1.807, 2.05) is 38.1 Å². The van der Waals surface area contributed by atoms with Crippen molar-refractivity contribution in [3.63, 3.8) is 0 Å². The lowest BCUT2D eigenvalue weighted by Crippen LogP contribution is -2.28. The summed E-state index contributed by atoms with van der Waals surface area (Å²) in [6.07, 6.45) is 1.19. The topological polar surface area (TPSA) is 56.7 Å². The summed E-state index contributed by atoms with van der Waals surface area (Å²) in [6, 6.07) is 8.42. The monoisotopic (exact) mass is 355 g/mol. The van der Waals surface area contributed by atoms with E-state index in [1.165, 1.54) is 0 Å². The van der Waals surface area contributed by atoms with Crippen molar-refractivity contribution in [3.8, 4) is 17.4 Å². The van der Waals surface area contributed by atoms with Crippen molar-refractivity contribution in [2.24, 2.45) is 0 Å². The standard InChI is InChI=1S/C20H25N3O3/c1-13-8-17(9-14(2)21-13)26-18-10-15(3)23(12-18)11-16-4-5-19-20(22-16)25-7-6-24-19/h4-5,8-9,15,18H,6-7,10-12H2,1-3H3/t15-,18+/m0/s1. The number of hydrogen-bond donors (Lipinski definition) is 0. The summed E-state index contributed by atoms with van der Waals surface area (Å²) in [5.74, 6) is 2.25. The number of aromatic nitrogens is 2. The van der Waals surface area contributed by atoms with Crippen molar-refractivity contribution in [1.82, 2.24) is 14.9 Å². The van der Waals surface area contributed by atoms with Gasteiger partial charge in [-0.1, -0.05) is 0 Å². The first-order chi connectivity index (χ1) is 12.6. The summed E-state index contributed by atoms with van der Waals surface area (Å²) in [6.45, 7) is 9.05. The number of rotatable bonds is 4. The molecule has 0 saturated carbocycles. The van der Waals surface area contributed by atoms with E-state index >= 15 is 0 Å². The Morgan fingerprint density at radius 2 is 1.88 bits per heavy atom. The Bertz CT molecular complexity index is 776. The van der Waals surface area contributed by atoms with Crippen LogP contribution in [0.4, 0.5) is 0 Å². The van der Waals surface area contributed by atoms with Gasteiger partial charge in [0.15, 0.2) is 5.75 Å². The van der Waals surface area contributed by atoms with Crippen LogP contribution in [0.3, 0.4) is 0 Å². The van der Waals surface area contributed by atoms with Crippen molar-refractivity contribution in [3.05, 3.63) is 41.3 Å². The van der Waals surface area contributed by atoms with Gasteiger partial charge in [0.05, 0.1) is 5.69 Å². The lowest BCUT2D eigenvalue weighted by atomic mass is 10.2. The molecule has 2 aromatic rings. The number of nitrogens with zero attached hydrogens (tertiary/aromatic N) is 3. The van der Waals surface area contributed by atoms with E-state index in [0.717, 1.165) is 48.1 Å². The van der Waals surface area contributed by atoms with Crippen molar-refractivity contribution in [1.29, 1.82) is 0 Å². The molecule has 0 unspecified atom stereocenters. The van der Waals surface area contributed by atoms with Crippen LogP contribution in [-0.2, 0) is 6.54 Å². The molecule has 0 spiro atoms.